The number of rotatable bonds is 5. The van der Waals surface area contributed by atoms with E-state index in [1.165, 1.54) is 36.9 Å². The van der Waals surface area contributed by atoms with Gasteiger partial charge < -0.3 is 9.84 Å². The van der Waals surface area contributed by atoms with Gasteiger partial charge in [-0.15, -0.1) is 0 Å². The van der Waals surface area contributed by atoms with Crippen LogP contribution in [0.1, 0.15) is 23.2 Å². The molecule has 10 nitrogen and oxygen atoms in total. The smallest absolute Gasteiger partial charge is 0.330 e. The van der Waals surface area contributed by atoms with Crippen LogP contribution in [-0.4, -0.2) is 51.6 Å². The first-order valence-electron chi connectivity index (χ1n) is 9.63. The Kier molecular flexibility index (Phi) is 6.21. The monoisotopic (exact) mass is 451 g/mol. The molecule has 0 spiro atoms. The van der Waals surface area contributed by atoms with E-state index in [-0.39, 0.29) is 30.2 Å². The second-order valence-corrected chi connectivity index (χ2v) is 9.60. The Labute approximate surface area is 179 Å². The highest BCUT2D eigenvalue weighted by Crippen LogP contribution is 2.28. The Hall–Kier alpha value is -2.76. The number of aliphatic hydroxyl groups is 1. The highest BCUT2D eigenvalue weighted by atomic mass is 32.2. The van der Waals surface area contributed by atoms with Crippen LogP contribution in [0.3, 0.4) is 0 Å². The van der Waals surface area contributed by atoms with Gasteiger partial charge in [0, 0.05) is 33.1 Å². The normalized spacial score (nSPS) is 19.5. The molecule has 0 bridgehead atoms. The van der Waals surface area contributed by atoms with Crippen molar-refractivity contribution in [3.05, 3.63) is 61.9 Å². The van der Waals surface area contributed by atoms with Crippen LogP contribution in [0.15, 0.2) is 38.8 Å². The fraction of sp³-hybridized carbons (Fsp3) is 0.450. The summed E-state index contributed by atoms with van der Waals surface area (Å²) in [6.45, 7) is 3.02. The molecule has 2 atom stereocenters. The zero-order valence-corrected chi connectivity index (χ0v) is 18.5. The van der Waals surface area contributed by atoms with Crippen LogP contribution in [0.2, 0.25) is 0 Å². The molecule has 31 heavy (non-hydrogen) atoms. The molecule has 1 aliphatic rings. The van der Waals surface area contributed by atoms with Crippen molar-refractivity contribution in [1.29, 1.82) is 0 Å². The maximum absolute atomic E-state index is 13.1. The van der Waals surface area contributed by atoms with Gasteiger partial charge in [-0.05, 0) is 37.1 Å². The van der Waals surface area contributed by atoms with Gasteiger partial charge in [0.2, 0.25) is 10.0 Å². The number of esters is 1. The Balaban J connectivity index is 1.84. The molecule has 1 N–H and O–H groups in total. The Morgan fingerprint density at radius 3 is 2.45 bits per heavy atom. The largest absolute Gasteiger partial charge is 0.458 e. The van der Waals surface area contributed by atoms with E-state index in [4.69, 9.17) is 4.74 Å². The Bertz CT molecular complexity index is 1250. The predicted molar refractivity (Wildman–Crippen MR) is 111 cm³/mol. The van der Waals surface area contributed by atoms with Crippen LogP contribution in [0.25, 0.3) is 0 Å². The third-order valence-electron chi connectivity index (χ3n) is 5.58. The van der Waals surface area contributed by atoms with Crippen LogP contribution in [0.5, 0.6) is 0 Å². The average Bonchev–Trinajstić information content (AvgIpc) is 3.12. The van der Waals surface area contributed by atoms with E-state index in [1.54, 1.807) is 13.0 Å². The summed E-state index contributed by atoms with van der Waals surface area (Å²) in [6.07, 6.45) is -1.13. The molecule has 0 aliphatic carbocycles. The van der Waals surface area contributed by atoms with Gasteiger partial charge >= 0.3 is 11.7 Å². The van der Waals surface area contributed by atoms with E-state index < -0.39 is 39.4 Å². The van der Waals surface area contributed by atoms with Crippen LogP contribution >= 0.6 is 0 Å². The number of ether oxygens (including phenoxy) is 1. The van der Waals surface area contributed by atoms with Crippen molar-refractivity contribution < 1.29 is 23.1 Å². The number of carbonyl (C=O) groups excluding carboxylic acids is 1. The van der Waals surface area contributed by atoms with Crippen LogP contribution < -0.4 is 11.2 Å². The summed E-state index contributed by atoms with van der Waals surface area (Å²) in [7, 11) is -1.29. The van der Waals surface area contributed by atoms with Gasteiger partial charge in [-0.3, -0.25) is 18.7 Å². The molecule has 11 heteroatoms. The molecule has 3 rings (SSSR count). The molecule has 0 radical (unpaired) electrons. The summed E-state index contributed by atoms with van der Waals surface area (Å²) in [6, 6.07) is 4.61. The predicted octanol–water partition coefficient (Wildman–Crippen LogP) is -0.432. The van der Waals surface area contributed by atoms with E-state index in [1.807, 2.05) is 6.92 Å². The molecule has 2 heterocycles. The van der Waals surface area contributed by atoms with Crippen molar-refractivity contribution in [3.63, 3.8) is 0 Å². The number of carbonyl (C=O) groups is 1. The molecule has 1 fully saturated rings. The van der Waals surface area contributed by atoms with Crippen LogP contribution in [-0.2, 0) is 40.3 Å². The van der Waals surface area contributed by atoms with Gasteiger partial charge in [0.25, 0.3) is 5.56 Å². The fourth-order valence-corrected chi connectivity index (χ4v) is 5.14. The summed E-state index contributed by atoms with van der Waals surface area (Å²) in [4.78, 5) is 36.6. The van der Waals surface area contributed by atoms with Crippen molar-refractivity contribution in [3.8, 4) is 0 Å². The van der Waals surface area contributed by atoms with Gasteiger partial charge in [-0.25, -0.2) is 13.2 Å². The molecule has 2 aromatic rings. The first-order chi connectivity index (χ1) is 14.4. The number of aromatic nitrogens is 2. The lowest BCUT2D eigenvalue weighted by atomic mass is 10.1. The number of sulfonamides is 1. The summed E-state index contributed by atoms with van der Waals surface area (Å²) >= 11 is 0. The van der Waals surface area contributed by atoms with Crippen molar-refractivity contribution in [2.75, 3.05) is 6.54 Å². The number of aliphatic hydroxyl groups excluding tert-OH is 1. The van der Waals surface area contributed by atoms with Gasteiger partial charge in [-0.2, -0.15) is 4.31 Å². The molecule has 168 valence electrons. The number of β-amino-alcohol motifs (C(OH)–C–C–N with tert-alkyl or cyclic N) is 1. The highest BCUT2D eigenvalue weighted by Gasteiger charge is 2.44. The molecule has 1 saturated heterocycles. The zero-order valence-electron chi connectivity index (χ0n) is 17.7. The molecule has 0 amide bonds. The fourth-order valence-electron chi connectivity index (χ4n) is 3.43. The summed E-state index contributed by atoms with van der Waals surface area (Å²) in [5.41, 5.74) is 0.754. The lowest BCUT2D eigenvalue weighted by Crippen LogP contribution is -2.42. The molecule has 1 aliphatic heterocycles. The van der Waals surface area contributed by atoms with Gasteiger partial charge in [-0.1, -0.05) is 6.07 Å². The van der Waals surface area contributed by atoms with Crippen molar-refractivity contribution >= 4 is 16.0 Å². The molecular weight excluding hydrogens is 426 g/mol. The third kappa shape index (κ3) is 4.34. The molecule has 0 saturated carbocycles. The topological polar surface area (TPSA) is 128 Å². The van der Waals surface area contributed by atoms with Crippen molar-refractivity contribution in [1.82, 2.24) is 13.4 Å². The summed E-state index contributed by atoms with van der Waals surface area (Å²) in [5, 5.41) is 10.1. The number of hydrogen-bond acceptors (Lipinski definition) is 7. The SMILES string of the molecule is Cc1ccc(S(=O)(=O)N2C[C@H](O)C[C@H]2C(=O)OCc2cc(=O)n(C)c(=O)n2C)cc1C. The molecular formula is C20H25N3O7S. The number of aryl methyl sites for hydroxylation is 2. The quantitative estimate of drug-likeness (QED) is 0.611. The van der Waals surface area contributed by atoms with E-state index in [0.29, 0.717) is 0 Å². The van der Waals surface area contributed by atoms with Gasteiger partial charge in [0.05, 0.1) is 16.7 Å². The van der Waals surface area contributed by atoms with E-state index in [0.717, 1.165) is 20.0 Å². The Morgan fingerprint density at radius 2 is 1.81 bits per heavy atom. The first kappa shape index (κ1) is 22.9. The zero-order chi connectivity index (χ0) is 23.1. The minimum atomic E-state index is -4.05. The average molecular weight is 452 g/mol. The van der Waals surface area contributed by atoms with E-state index in [2.05, 4.69) is 0 Å². The van der Waals surface area contributed by atoms with E-state index in [9.17, 15) is 27.9 Å². The Morgan fingerprint density at radius 1 is 1.13 bits per heavy atom. The lowest BCUT2D eigenvalue weighted by molar-refractivity contribution is -0.149. The standard InChI is InChI=1S/C20H25N3O7S/c1-12-5-6-16(7-13(12)2)31(28,29)23-10-15(24)9-17(23)19(26)30-11-14-8-18(25)22(4)20(27)21(14)3/h5-8,15,17,24H,9-11H2,1-4H3/t15-,17+/m1/s1. The second kappa shape index (κ2) is 8.40. The van der Waals surface area contributed by atoms with Gasteiger partial charge in [0.15, 0.2) is 0 Å². The second-order valence-electron chi connectivity index (χ2n) is 7.71. The molecule has 0 unspecified atom stereocenters. The summed E-state index contributed by atoms with van der Waals surface area (Å²) in [5.74, 6) is -0.864. The molecule has 1 aromatic carbocycles. The maximum atomic E-state index is 13.1. The maximum Gasteiger partial charge on any atom is 0.330 e. The van der Waals surface area contributed by atoms with Crippen molar-refractivity contribution in [2.45, 2.75) is 43.9 Å². The first-order valence-corrected chi connectivity index (χ1v) is 11.1. The minimum Gasteiger partial charge on any atom is -0.458 e. The highest BCUT2D eigenvalue weighted by molar-refractivity contribution is 7.89. The number of nitrogens with zero attached hydrogens (tertiary/aromatic N) is 3. The number of benzene rings is 1. The van der Waals surface area contributed by atoms with Crippen molar-refractivity contribution in [2.24, 2.45) is 14.1 Å². The third-order valence-corrected chi connectivity index (χ3v) is 7.45. The van der Waals surface area contributed by atoms with E-state index >= 15 is 0 Å². The lowest BCUT2D eigenvalue weighted by Gasteiger charge is -2.23. The molecule has 1 aromatic heterocycles. The van der Waals surface area contributed by atoms with Gasteiger partial charge in [0.1, 0.15) is 12.6 Å². The summed E-state index contributed by atoms with van der Waals surface area (Å²) < 4.78 is 34.5. The number of hydrogen-bond donors (Lipinski definition) is 1. The minimum absolute atomic E-state index is 0.0245. The van der Waals surface area contributed by atoms with Crippen LogP contribution in [0.4, 0.5) is 0 Å². The van der Waals surface area contributed by atoms with Crippen LogP contribution in [0, 0.1) is 13.8 Å².